The highest BCUT2D eigenvalue weighted by molar-refractivity contribution is 5.61. The molecule has 0 amide bonds. The molecule has 0 bridgehead atoms. The molecule has 1 saturated heterocycles. The van der Waals surface area contributed by atoms with Crippen molar-refractivity contribution in [3.8, 4) is 0 Å². The van der Waals surface area contributed by atoms with Crippen LogP contribution in [-0.4, -0.2) is 24.7 Å². The van der Waals surface area contributed by atoms with E-state index in [0.29, 0.717) is 11.5 Å². The molecule has 2 heterocycles. The molecule has 0 atom stereocenters. The zero-order valence-corrected chi connectivity index (χ0v) is 10.2. The van der Waals surface area contributed by atoms with Gasteiger partial charge in [0.1, 0.15) is 11.6 Å². The van der Waals surface area contributed by atoms with Gasteiger partial charge in [-0.25, -0.2) is 4.98 Å². The molecule has 0 unspecified atom stereocenters. The number of nitrogen functional groups attached to an aromatic ring is 2. The first-order chi connectivity index (χ1) is 8.09. The minimum absolute atomic E-state index is 0.274. The van der Waals surface area contributed by atoms with Gasteiger partial charge in [0, 0.05) is 19.8 Å². The maximum absolute atomic E-state index is 5.67. The average Bonchev–Trinajstić information content (AvgIpc) is 2.32. The molecule has 1 aromatic rings. The molecule has 94 valence electrons. The number of hydrogen-bond donors (Lipinski definition) is 3. The number of anilines is 3. The van der Waals surface area contributed by atoms with Gasteiger partial charge in [-0.05, 0) is 30.4 Å². The predicted molar refractivity (Wildman–Crippen MR) is 69.7 cm³/mol. The molecular formula is C12H20N4O. The van der Waals surface area contributed by atoms with Gasteiger partial charge in [-0.1, -0.05) is 6.92 Å². The molecule has 1 aromatic heterocycles. The van der Waals surface area contributed by atoms with E-state index in [1.54, 1.807) is 6.07 Å². The molecule has 1 aliphatic heterocycles. The third-order valence-electron chi connectivity index (χ3n) is 3.35. The van der Waals surface area contributed by atoms with Gasteiger partial charge in [0.25, 0.3) is 0 Å². The van der Waals surface area contributed by atoms with Gasteiger partial charge in [-0.2, -0.15) is 0 Å². The summed E-state index contributed by atoms with van der Waals surface area (Å²) in [4.78, 5) is 4.20. The smallest absolute Gasteiger partial charge is 0.149 e. The van der Waals surface area contributed by atoms with Crippen molar-refractivity contribution in [2.75, 3.05) is 36.5 Å². The van der Waals surface area contributed by atoms with Crippen LogP contribution in [0, 0.1) is 5.41 Å². The molecule has 0 aliphatic carbocycles. The maximum atomic E-state index is 5.67. The van der Waals surface area contributed by atoms with Gasteiger partial charge in [-0.15, -0.1) is 0 Å². The third-order valence-corrected chi connectivity index (χ3v) is 3.35. The molecule has 0 saturated carbocycles. The van der Waals surface area contributed by atoms with E-state index >= 15 is 0 Å². The molecular weight excluding hydrogens is 216 g/mol. The molecule has 17 heavy (non-hydrogen) atoms. The van der Waals surface area contributed by atoms with Gasteiger partial charge in [0.15, 0.2) is 0 Å². The number of nitrogens with two attached hydrogens (primary N) is 2. The van der Waals surface area contributed by atoms with Crippen LogP contribution in [0.15, 0.2) is 12.1 Å². The van der Waals surface area contributed by atoms with Crippen LogP contribution < -0.4 is 16.8 Å². The number of aromatic nitrogens is 1. The number of nitrogens with one attached hydrogen (secondary N) is 1. The second kappa shape index (κ2) is 4.79. The summed E-state index contributed by atoms with van der Waals surface area (Å²) in [5, 5.41) is 3.32. The Labute approximate surface area is 102 Å². The van der Waals surface area contributed by atoms with Crippen molar-refractivity contribution in [2.45, 2.75) is 19.8 Å². The second-order valence-electron chi connectivity index (χ2n) is 4.95. The molecule has 5 heteroatoms. The summed E-state index contributed by atoms with van der Waals surface area (Å²) < 4.78 is 5.37. The normalized spacial score (nSPS) is 18.9. The fourth-order valence-electron chi connectivity index (χ4n) is 1.93. The summed E-state index contributed by atoms with van der Waals surface area (Å²) in [6.45, 7) is 4.83. The summed E-state index contributed by atoms with van der Waals surface area (Å²) in [5.74, 6) is 1.16. The fraction of sp³-hybridized carbons (Fsp3) is 0.583. The van der Waals surface area contributed by atoms with Crippen LogP contribution in [0.25, 0.3) is 0 Å². The van der Waals surface area contributed by atoms with Crippen LogP contribution in [0.5, 0.6) is 0 Å². The van der Waals surface area contributed by atoms with E-state index in [-0.39, 0.29) is 5.41 Å². The Morgan fingerprint density at radius 3 is 2.71 bits per heavy atom. The monoisotopic (exact) mass is 236 g/mol. The molecule has 1 fully saturated rings. The zero-order chi connectivity index (χ0) is 12.3. The lowest BCUT2D eigenvalue weighted by Gasteiger charge is -2.33. The first-order valence-electron chi connectivity index (χ1n) is 5.93. The predicted octanol–water partition coefficient (Wildman–Crippen LogP) is 1.47. The summed E-state index contributed by atoms with van der Waals surface area (Å²) in [6, 6.07) is 3.63. The van der Waals surface area contributed by atoms with Gasteiger partial charge in [0.2, 0.25) is 0 Å². The van der Waals surface area contributed by atoms with Crippen molar-refractivity contribution in [3.05, 3.63) is 12.1 Å². The van der Waals surface area contributed by atoms with E-state index in [0.717, 1.165) is 38.4 Å². The zero-order valence-electron chi connectivity index (χ0n) is 10.2. The van der Waals surface area contributed by atoms with Crippen LogP contribution >= 0.6 is 0 Å². The second-order valence-corrected chi connectivity index (χ2v) is 4.95. The van der Waals surface area contributed by atoms with E-state index in [4.69, 9.17) is 16.2 Å². The molecule has 0 spiro atoms. The average molecular weight is 236 g/mol. The SMILES string of the molecule is CC1(CNc2ccc(N)c(N)n2)CCOCC1. The van der Waals surface area contributed by atoms with Crippen LogP contribution in [0.1, 0.15) is 19.8 Å². The Morgan fingerprint density at radius 1 is 1.35 bits per heavy atom. The van der Waals surface area contributed by atoms with E-state index in [9.17, 15) is 0 Å². The number of rotatable bonds is 3. The molecule has 2 rings (SSSR count). The van der Waals surface area contributed by atoms with Gasteiger partial charge < -0.3 is 21.5 Å². The van der Waals surface area contributed by atoms with Crippen molar-refractivity contribution in [3.63, 3.8) is 0 Å². The van der Waals surface area contributed by atoms with Crippen LogP contribution in [0.4, 0.5) is 17.3 Å². The lowest BCUT2D eigenvalue weighted by Crippen LogP contribution is -2.33. The third kappa shape index (κ3) is 3.00. The molecule has 5 N–H and O–H groups in total. The standard InChI is InChI=1S/C12H20N4O/c1-12(4-6-17-7-5-12)8-15-10-3-2-9(13)11(14)16-10/h2-3H,4-8,13H2,1H3,(H3,14,15,16). The Balaban J connectivity index is 1.94. The van der Waals surface area contributed by atoms with Crippen molar-refractivity contribution >= 4 is 17.3 Å². The number of ether oxygens (including phenoxy) is 1. The molecule has 5 nitrogen and oxygen atoms in total. The lowest BCUT2D eigenvalue weighted by atomic mass is 9.82. The number of hydrogen-bond acceptors (Lipinski definition) is 5. The summed E-state index contributed by atoms with van der Waals surface area (Å²) in [6.07, 6.45) is 2.15. The Bertz CT molecular complexity index is 388. The Hall–Kier alpha value is -1.49. The quantitative estimate of drug-likeness (QED) is 0.740. The highest BCUT2D eigenvalue weighted by atomic mass is 16.5. The Morgan fingerprint density at radius 2 is 2.06 bits per heavy atom. The van der Waals surface area contributed by atoms with E-state index in [2.05, 4.69) is 17.2 Å². The first-order valence-corrected chi connectivity index (χ1v) is 5.93. The van der Waals surface area contributed by atoms with Crippen LogP contribution in [0.2, 0.25) is 0 Å². The van der Waals surface area contributed by atoms with Crippen LogP contribution in [-0.2, 0) is 4.74 Å². The molecule has 0 radical (unpaired) electrons. The maximum Gasteiger partial charge on any atom is 0.149 e. The minimum atomic E-state index is 0.274. The van der Waals surface area contributed by atoms with E-state index < -0.39 is 0 Å². The summed E-state index contributed by atoms with van der Waals surface area (Å²) in [5.41, 5.74) is 12.1. The summed E-state index contributed by atoms with van der Waals surface area (Å²) in [7, 11) is 0. The van der Waals surface area contributed by atoms with E-state index in [1.165, 1.54) is 0 Å². The van der Waals surface area contributed by atoms with Gasteiger partial charge >= 0.3 is 0 Å². The number of nitrogens with zero attached hydrogens (tertiary/aromatic N) is 1. The van der Waals surface area contributed by atoms with Gasteiger partial charge in [-0.3, -0.25) is 0 Å². The van der Waals surface area contributed by atoms with Gasteiger partial charge in [0.05, 0.1) is 5.69 Å². The largest absolute Gasteiger partial charge is 0.396 e. The van der Waals surface area contributed by atoms with Crippen molar-refractivity contribution < 1.29 is 4.74 Å². The molecule has 0 aromatic carbocycles. The highest BCUT2D eigenvalue weighted by Gasteiger charge is 2.27. The Kier molecular flexibility index (Phi) is 3.38. The fourth-order valence-corrected chi connectivity index (χ4v) is 1.93. The highest BCUT2D eigenvalue weighted by Crippen LogP contribution is 2.29. The molecule has 1 aliphatic rings. The van der Waals surface area contributed by atoms with Crippen molar-refractivity contribution in [1.82, 2.24) is 4.98 Å². The minimum Gasteiger partial charge on any atom is -0.396 e. The first kappa shape index (κ1) is 12.0. The van der Waals surface area contributed by atoms with E-state index in [1.807, 2.05) is 6.07 Å². The van der Waals surface area contributed by atoms with Crippen molar-refractivity contribution in [1.29, 1.82) is 0 Å². The topological polar surface area (TPSA) is 86.2 Å². The summed E-state index contributed by atoms with van der Waals surface area (Å²) >= 11 is 0. The van der Waals surface area contributed by atoms with Crippen molar-refractivity contribution in [2.24, 2.45) is 5.41 Å². The van der Waals surface area contributed by atoms with Crippen LogP contribution in [0.3, 0.4) is 0 Å². The lowest BCUT2D eigenvalue weighted by molar-refractivity contribution is 0.0300. The number of pyridine rings is 1.